The monoisotopic (exact) mass is 432 g/mol. The molecule has 5 heteroatoms. The molecule has 2 aromatic carbocycles. The molecule has 168 valence electrons. The number of piperidine rings is 1. The average molecular weight is 433 g/mol. The predicted octanol–water partition coefficient (Wildman–Crippen LogP) is 4.39. The molecule has 0 aliphatic carbocycles. The van der Waals surface area contributed by atoms with Crippen LogP contribution in [0.3, 0.4) is 0 Å². The van der Waals surface area contributed by atoms with Crippen molar-refractivity contribution in [2.75, 3.05) is 26.7 Å². The van der Waals surface area contributed by atoms with Crippen LogP contribution in [0.2, 0.25) is 0 Å². The van der Waals surface area contributed by atoms with Gasteiger partial charge in [0.25, 0.3) is 11.8 Å². The summed E-state index contributed by atoms with van der Waals surface area (Å²) in [6.45, 7) is 6.43. The molecule has 0 saturated carbocycles. The van der Waals surface area contributed by atoms with Crippen LogP contribution in [0.1, 0.15) is 37.8 Å². The fourth-order valence-electron chi connectivity index (χ4n) is 4.47. The van der Waals surface area contributed by atoms with Crippen molar-refractivity contribution < 1.29 is 14.3 Å². The van der Waals surface area contributed by atoms with E-state index in [0.717, 1.165) is 43.7 Å². The molecule has 0 bridgehead atoms. The van der Waals surface area contributed by atoms with Crippen molar-refractivity contribution in [3.05, 3.63) is 71.4 Å². The maximum absolute atomic E-state index is 13.0. The van der Waals surface area contributed by atoms with E-state index in [9.17, 15) is 9.59 Å². The molecule has 0 N–H and O–H groups in total. The maximum atomic E-state index is 13.0. The van der Waals surface area contributed by atoms with Crippen molar-refractivity contribution in [3.8, 4) is 5.75 Å². The van der Waals surface area contributed by atoms with Crippen LogP contribution in [0.5, 0.6) is 5.75 Å². The predicted molar refractivity (Wildman–Crippen MR) is 126 cm³/mol. The van der Waals surface area contributed by atoms with Gasteiger partial charge in [-0.15, -0.1) is 0 Å². The largest absolute Gasteiger partial charge is 0.493 e. The number of hydrogen-bond donors (Lipinski definition) is 0. The third-order valence-electron chi connectivity index (χ3n) is 6.29. The Morgan fingerprint density at radius 2 is 1.59 bits per heavy atom. The van der Waals surface area contributed by atoms with Crippen LogP contribution in [-0.4, -0.2) is 48.4 Å². The minimum Gasteiger partial charge on any atom is -0.493 e. The second-order valence-electron chi connectivity index (χ2n) is 9.24. The molecular formula is C27H32N2O3. The molecule has 0 unspecified atom stereocenters. The molecule has 0 radical (unpaired) electrons. The number of likely N-dealkylation sites (tertiary alicyclic amines) is 1. The number of likely N-dealkylation sites (N-methyl/N-ethyl adjacent to an activating group) is 1. The Labute approximate surface area is 190 Å². The standard InChI is InChI=1S/C27H32N2O3/c1-19(2)18-32-23-11-9-22(10-12-23)24-25(27(31)28(3)26(24)30)29-15-13-21(14-16-29)17-20-7-5-4-6-8-20/h4-12,19,21H,13-18H2,1-3H3. The van der Waals surface area contributed by atoms with Crippen LogP contribution in [0.4, 0.5) is 0 Å². The zero-order valence-electron chi connectivity index (χ0n) is 19.2. The Morgan fingerprint density at radius 3 is 2.22 bits per heavy atom. The highest BCUT2D eigenvalue weighted by Crippen LogP contribution is 2.34. The minimum absolute atomic E-state index is 0.202. The third kappa shape index (κ3) is 4.72. The number of imide groups is 1. The molecule has 1 saturated heterocycles. The van der Waals surface area contributed by atoms with Gasteiger partial charge in [-0.3, -0.25) is 14.5 Å². The maximum Gasteiger partial charge on any atom is 0.277 e. The summed E-state index contributed by atoms with van der Waals surface area (Å²) >= 11 is 0. The molecule has 5 nitrogen and oxygen atoms in total. The summed E-state index contributed by atoms with van der Waals surface area (Å²) in [7, 11) is 1.57. The van der Waals surface area contributed by atoms with Crippen LogP contribution in [0, 0.1) is 11.8 Å². The molecule has 2 aliphatic heterocycles. The Hall–Kier alpha value is -3.08. The number of amides is 2. The fourth-order valence-corrected chi connectivity index (χ4v) is 4.47. The number of carbonyl (C=O) groups excluding carboxylic acids is 2. The zero-order valence-corrected chi connectivity index (χ0v) is 19.2. The summed E-state index contributed by atoms with van der Waals surface area (Å²) in [6.07, 6.45) is 3.09. The van der Waals surface area contributed by atoms with Crippen molar-refractivity contribution in [3.63, 3.8) is 0 Å². The van der Waals surface area contributed by atoms with E-state index >= 15 is 0 Å². The average Bonchev–Trinajstić information content (AvgIpc) is 3.03. The molecular weight excluding hydrogens is 400 g/mol. The number of hydrogen-bond acceptors (Lipinski definition) is 4. The number of nitrogens with zero attached hydrogens (tertiary/aromatic N) is 2. The Kier molecular flexibility index (Phi) is 6.63. The first-order chi connectivity index (χ1) is 15.4. The summed E-state index contributed by atoms with van der Waals surface area (Å²) in [5.41, 5.74) is 3.18. The summed E-state index contributed by atoms with van der Waals surface area (Å²) in [5, 5.41) is 0. The van der Waals surface area contributed by atoms with Crippen LogP contribution in [0.15, 0.2) is 60.3 Å². The first-order valence-corrected chi connectivity index (χ1v) is 11.5. The molecule has 32 heavy (non-hydrogen) atoms. The molecule has 0 spiro atoms. The van der Waals surface area contributed by atoms with Crippen molar-refractivity contribution >= 4 is 17.4 Å². The highest BCUT2D eigenvalue weighted by atomic mass is 16.5. The van der Waals surface area contributed by atoms with E-state index in [1.54, 1.807) is 7.05 Å². The van der Waals surface area contributed by atoms with Gasteiger partial charge in [0.15, 0.2) is 0 Å². The van der Waals surface area contributed by atoms with Gasteiger partial charge in [-0.1, -0.05) is 56.3 Å². The first-order valence-electron chi connectivity index (χ1n) is 11.5. The van der Waals surface area contributed by atoms with Gasteiger partial charge in [-0.25, -0.2) is 0 Å². The second kappa shape index (κ2) is 9.60. The summed E-state index contributed by atoms with van der Waals surface area (Å²) in [5.74, 6) is 1.38. The van der Waals surface area contributed by atoms with E-state index in [1.165, 1.54) is 10.5 Å². The third-order valence-corrected chi connectivity index (χ3v) is 6.29. The van der Waals surface area contributed by atoms with E-state index in [2.05, 4.69) is 43.0 Å². The smallest absolute Gasteiger partial charge is 0.277 e. The van der Waals surface area contributed by atoms with Gasteiger partial charge in [0.05, 0.1) is 12.2 Å². The van der Waals surface area contributed by atoms with Crippen molar-refractivity contribution in [2.45, 2.75) is 33.1 Å². The summed E-state index contributed by atoms with van der Waals surface area (Å²) in [6, 6.07) is 18.1. The van der Waals surface area contributed by atoms with E-state index in [4.69, 9.17) is 4.74 Å². The quantitative estimate of drug-likeness (QED) is 0.609. The van der Waals surface area contributed by atoms with Crippen LogP contribution in [-0.2, 0) is 16.0 Å². The van der Waals surface area contributed by atoms with Crippen LogP contribution < -0.4 is 4.74 Å². The van der Waals surface area contributed by atoms with Gasteiger partial charge in [0.2, 0.25) is 0 Å². The van der Waals surface area contributed by atoms with Gasteiger partial charge in [0.1, 0.15) is 11.4 Å². The SMILES string of the molecule is CC(C)COc1ccc(C2=C(N3CCC(Cc4ccccc4)CC3)C(=O)N(C)C2=O)cc1. The van der Waals surface area contributed by atoms with Gasteiger partial charge >= 0.3 is 0 Å². The number of carbonyl (C=O) groups is 2. The lowest BCUT2D eigenvalue weighted by molar-refractivity contribution is -0.136. The Bertz CT molecular complexity index is 987. The second-order valence-corrected chi connectivity index (χ2v) is 9.24. The van der Waals surface area contributed by atoms with Crippen LogP contribution >= 0.6 is 0 Å². The zero-order chi connectivity index (χ0) is 22.7. The molecule has 2 aromatic rings. The van der Waals surface area contributed by atoms with Gasteiger partial charge in [-0.05, 0) is 54.4 Å². The van der Waals surface area contributed by atoms with Crippen molar-refractivity contribution in [1.82, 2.24) is 9.80 Å². The van der Waals surface area contributed by atoms with Crippen molar-refractivity contribution in [2.24, 2.45) is 11.8 Å². The van der Waals surface area contributed by atoms with E-state index in [1.807, 2.05) is 30.3 Å². The van der Waals surface area contributed by atoms with E-state index in [0.29, 0.717) is 29.7 Å². The van der Waals surface area contributed by atoms with Gasteiger partial charge in [0, 0.05) is 20.1 Å². The molecule has 0 atom stereocenters. The summed E-state index contributed by atoms with van der Waals surface area (Å²) in [4.78, 5) is 29.3. The Morgan fingerprint density at radius 1 is 0.938 bits per heavy atom. The van der Waals surface area contributed by atoms with E-state index in [-0.39, 0.29) is 11.8 Å². The number of rotatable bonds is 7. The minimum atomic E-state index is -0.229. The fraction of sp³-hybridized carbons (Fsp3) is 0.407. The number of ether oxygens (including phenoxy) is 1. The lowest BCUT2D eigenvalue weighted by atomic mass is 9.89. The Balaban J connectivity index is 1.51. The first kappa shape index (κ1) is 22.1. The summed E-state index contributed by atoms with van der Waals surface area (Å²) < 4.78 is 5.77. The lowest BCUT2D eigenvalue weighted by Gasteiger charge is -2.34. The lowest BCUT2D eigenvalue weighted by Crippen LogP contribution is -2.38. The van der Waals surface area contributed by atoms with Crippen molar-refractivity contribution in [1.29, 1.82) is 0 Å². The van der Waals surface area contributed by atoms with E-state index < -0.39 is 0 Å². The molecule has 2 heterocycles. The molecule has 2 aliphatic rings. The molecule has 0 aromatic heterocycles. The normalized spacial score (nSPS) is 17.6. The molecule has 4 rings (SSSR count). The molecule has 2 amide bonds. The number of benzene rings is 2. The van der Waals surface area contributed by atoms with Gasteiger partial charge in [-0.2, -0.15) is 0 Å². The van der Waals surface area contributed by atoms with Gasteiger partial charge < -0.3 is 9.64 Å². The van der Waals surface area contributed by atoms with Crippen LogP contribution in [0.25, 0.3) is 5.57 Å². The highest BCUT2D eigenvalue weighted by molar-refractivity contribution is 6.35. The highest BCUT2D eigenvalue weighted by Gasteiger charge is 2.40. The molecule has 1 fully saturated rings. The topological polar surface area (TPSA) is 49.9 Å².